The lowest BCUT2D eigenvalue weighted by molar-refractivity contribution is -0.133. The van der Waals surface area contributed by atoms with Crippen molar-refractivity contribution >= 4 is 11.6 Å². The summed E-state index contributed by atoms with van der Waals surface area (Å²) in [5.41, 5.74) is 6.48. The van der Waals surface area contributed by atoms with Crippen LogP contribution in [0.4, 0.5) is 0 Å². The predicted octanol–water partition coefficient (Wildman–Crippen LogP) is 1.36. The molecule has 1 aliphatic heterocycles. The van der Waals surface area contributed by atoms with Crippen molar-refractivity contribution in [1.82, 2.24) is 5.01 Å². The molecule has 0 fully saturated rings. The summed E-state index contributed by atoms with van der Waals surface area (Å²) in [5, 5.41) is 5.99. The number of hydrogen-bond acceptors (Lipinski definition) is 3. The molecule has 4 heteroatoms. The van der Waals surface area contributed by atoms with E-state index in [0.717, 1.165) is 25.0 Å². The number of hydrogen-bond donors (Lipinski definition) is 1. The van der Waals surface area contributed by atoms with Gasteiger partial charge < -0.3 is 5.73 Å². The molecule has 1 unspecified atom stereocenters. The van der Waals surface area contributed by atoms with E-state index in [4.69, 9.17) is 5.73 Å². The molecule has 2 N–H and O–H groups in total. The first-order chi connectivity index (χ1) is 7.11. The smallest absolute Gasteiger partial charge is 0.251 e. The summed E-state index contributed by atoms with van der Waals surface area (Å²) in [5.74, 6) is 0.135. The quantitative estimate of drug-likeness (QED) is 0.746. The molecule has 15 heavy (non-hydrogen) atoms. The van der Waals surface area contributed by atoms with Crippen LogP contribution in [0.2, 0.25) is 0 Å². The van der Waals surface area contributed by atoms with Gasteiger partial charge in [0.2, 0.25) is 0 Å². The number of amides is 1. The van der Waals surface area contributed by atoms with E-state index >= 15 is 0 Å². The van der Waals surface area contributed by atoms with Crippen molar-refractivity contribution in [3.8, 4) is 0 Å². The summed E-state index contributed by atoms with van der Waals surface area (Å²) in [6.07, 6.45) is 2.58. The molecule has 0 radical (unpaired) electrons. The van der Waals surface area contributed by atoms with Gasteiger partial charge in [0, 0.05) is 6.04 Å². The number of carbonyl (C=O) groups excluding carboxylic acids is 1. The molecule has 4 nitrogen and oxygen atoms in total. The maximum Gasteiger partial charge on any atom is 0.251 e. The Morgan fingerprint density at radius 1 is 1.53 bits per heavy atom. The van der Waals surface area contributed by atoms with Crippen molar-refractivity contribution in [3.63, 3.8) is 0 Å². The van der Waals surface area contributed by atoms with Crippen LogP contribution in [0.3, 0.4) is 0 Å². The van der Waals surface area contributed by atoms with Gasteiger partial charge in [-0.15, -0.1) is 0 Å². The van der Waals surface area contributed by atoms with Crippen molar-refractivity contribution in [2.45, 2.75) is 46.1 Å². The molecule has 0 saturated carbocycles. The number of nitrogens with two attached hydrogens (primary N) is 1. The highest BCUT2D eigenvalue weighted by molar-refractivity contribution is 6.07. The molecule has 1 atom stereocenters. The molecule has 1 heterocycles. The molecule has 0 aliphatic carbocycles. The molecule has 0 aromatic heterocycles. The Labute approximate surface area is 91.5 Å². The minimum absolute atomic E-state index is 0.0130. The number of rotatable bonds is 5. The molecule has 0 aromatic rings. The van der Waals surface area contributed by atoms with Gasteiger partial charge in [0.25, 0.3) is 5.91 Å². The van der Waals surface area contributed by atoms with Gasteiger partial charge in [-0.1, -0.05) is 6.92 Å². The van der Waals surface area contributed by atoms with Crippen LogP contribution in [0.5, 0.6) is 0 Å². The highest BCUT2D eigenvalue weighted by Crippen LogP contribution is 2.23. The van der Waals surface area contributed by atoms with Gasteiger partial charge in [0.15, 0.2) is 0 Å². The summed E-state index contributed by atoms with van der Waals surface area (Å²) in [4.78, 5) is 12.0. The highest BCUT2D eigenvalue weighted by Gasteiger charge is 2.35. The highest BCUT2D eigenvalue weighted by atomic mass is 16.2. The fourth-order valence-corrected chi connectivity index (χ4v) is 1.86. The largest absolute Gasteiger partial charge is 0.330 e. The van der Waals surface area contributed by atoms with Gasteiger partial charge >= 0.3 is 0 Å². The van der Waals surface area contributed by atoms with Gasteiger partial charge in [-0.3, -0.25) is 4.79 Å². The molecule has 0 bridgehead atoms. The first-order valence-electron chi connectivity index (χ1n) is 5.72. The van der Waals surface area contributed by atoms with Crippen LogP contribution >= 0.6 is 0 Å². The summed E-state index contributed by atoms with van der Waals surface area (Å²) in [6.45, 7) is 6.66. The van der Waals surface area contributed by atoms with Crippen LogP contribution < -0.4 is 5.73 Å². The zero-order valence-corrected chi connectivity index (χ0v) is 9.86. The standard InChI is InChI=1S/C11H21N3O/c1-4-10-9(6-5-7-12)11(15)14(13-10)8(2)3/h8-9H,4-7,12H2,1-3H3. The number of carbonyl (C=O) groups is 1. The topological polar surface area (TPSA) is 58.7 Å². The Hall–Kier alpha value is -0.900. The van der Waals surface area contributed by atoms with Gasteiger partial charge in [-0.05, 0) is 39.7 Å². The Bertz CT molecular complexity index is 261. The van der Waals surface area contributed by atoms with E-state index in [1.807, 2.05) is 20.8 Å². The fraction of sp³-hybridized carbons (Fsp3) is 0.818. The van der Waals surface area contributed by atoms with Crippen LogP contribution in [-0.2, 0) is 4.79 Å². The molecule has 0 saturated heterocycles. The monoisotopic (exact) mass is 211 g/mol. The summed E-state index contributed by atoms with van der Waals surface area (Å²) >= 11 is 0. The third kappa shape index (κ3) is 2.56. The van der Waals surface area contributed by atoms with E-state index in [1.165, 1.54) is 0 Å². The molecular formula is C11H21N3O. The lowest BCUT2D eigenvalue weighted by atomic mass is 9.96. The van der Waals surface area contributed by atoms with Crippen molar-refractivity contribution in [2.24, 2.45) is 16.8 Å². The second-order valence-corrected chi connectivity index (χ2v) is 4.20. The molecule has 1 amide bonds. The molecule has 86 valence electrons. The van der Waals surface area contributed by atoms with Crippen LogP contribution in [0.15, 0.2) is 5.10 Å². The Morgan fingerprint density at radius 2 is 2.20 bits per heavy atom. The zero-order chi connectivity index (χ0) is 11.4. The number of hydrazone groups is 1. The molecule has 1 aliphatic rings. The summed E-state index contributed by atoms with van der Waals surface area (Å²) < 4.78 is 0. The maximum absolute atomic E-state index is 12.0. The van der Waals surface area contributed by atoms with Gasteiger partial charge in [0.1, 0.15) is 0 Å². The maximum atomic E-state index is 12.0. The molecule has 0 spiro atoms. The lowest BCUT2D eigenvalue weighted by Gasteiger charge is -2.17. The molecule has 1 rings (SSSR count). The second-order valence-electron chi connectivity index (χ2n) is 4.20. The fourth-order valence-electron chi connectivity index (χ4n) is 1.86. The third-order valence-electron chi connectivity index (χ3n) is 2.71. The minimum atomic E-state index is -0.0130. The lowest BCUT2D eigenvalue weighted by Crippen LogP contribution is -2.32. The first-order valence-corrected chi connectivity index (χ1v) is 5.72. The van der Waals surface area contributed by atoms with Crippen LogP contribution in [0, 0.1) is 5.92 Å². The SMILES string of the molecule is CCC1=NN(C(C)C)C(=O)C1CCCN. The average molecular weight is 211 g/mol. The van der Waals surface area contributed by atoms with Crippen molar-refractivity contribution in [2.75, 3.05) is 6.54 Å². The van der Waals surface area contributed by atoms with E-state index in [-0.39, 0.29) is 17.9 Å². The van der Waals surface area contributed by atoms with Crippen molar-refractivity contribution in [3.05, 3.63) is 0 Å². The zero-order valence-electron chi connectivity index (χ0n) is 9.86. The second kappa shape index (κ2) is 5.26. The van der Waals surface area contributed by atoms with E-state index < -0.39 is 0 Å². The Kier molecular flexibility index (Phi) is 4.27. The number of nitrogens with zero attached hydrogens (tertiary/aromatic N) is 2. The Balaban J connectivity index is 2.72. The van der Waals surface area contributed by atoms with E-state index in [2.05, 4.69) is 5.10 Å². The van der Waals surface area contributed by atoms with Crippen LogP contribution in [-0.4, -0.2) is 29.2 Å². The van der Waals surface area contributed by atoms with E-state index in [1.54, 1.807) is 5.01 Å². The first kappa shape index (κ1) is 12.2. The normalized spacial score (nSPS) is 21.4. The molecular weight excluding hydrogens is 190 g/mol. The predicted molar refractivity (Wildman–Crippen MR) is 61.5 cm³/mol. The van der Waals surface area contributed by atoms with Gasteiger partial charge in [0.05, 0.1) is 11.6 Å². The van der Waals surface area contributed by atoms with Crippen molar-refractivity contribution in [1.29, 1.82) is 0 Å². The van der Waals surface area contributed by atoms with E-state index in [0.29, 0.717) is 6.54 Å². The van der Waals surface area contributed by atoms with Gasteiger partial charge in [-0.25, -0.2) is 5.01 Å². The van der Waals surface area contributed by atoms with Gasteiger partial charge in [-0.2, -0.15) is 5.10 Å². The third-order valence-corrected chi connectivity index (χ3v) is 2.71. The average Bonchev–Trinajstić information content (AvgIpc) is 2.52. The van der Waals surface area contributed by atoms with Crippen LogP contribution in [0.25, 0.3) is 0 Å². The van der Waals surface area contributed by atoms with Crippen molar-refractivity contribution < 1.29 is 4.79 Å². The summed E-state index contributed by atoms with van der Waals surface area (Å²) in [7, 11) is 0. The summed E-state index contributed by atoms with van der Waals surface area (Å²) in [6, 6.07) is 0.155. The Morgan fingerprint density at radius 3 is 2.67 bits per heavy atom. The molecule has 0 aromatic carbocycles. The van der Waals surface area contributed by atoms with Crippen LogP contribution in [0.1, 0.15) is 40.0 Å². The minimum Gasteiger partial charge on any atom is -0.330 e. The van der Waals surface area contributed by atoms with E-state index in [9.17, 15) is 4.79 Å².